The second-order valence-corrected chi connectivity index (χ2v) is 6.88. The summed E-state index contributed by atoms with van der Waals surface area (Å²) in [4.78, 5) is 24.4. The highest BCUT2D eigenvalue weighted by molar-refractivity contribution is 7.99. The molecule has 2 rings (SSSR count). The molecule has 0 atom stereocenters. The number of hydrogen-bond donors (Lipinski definition) is 2. The second-order valence-electron chi connectivity index (χ2n) is 4.87. The molecule has 0 aromatic heterocycles. The SMILES string of the molecule is O=C(CCSc1ccc(Cl)cc1)NNC(=O)COc1ccccc1Cl. The fourth-order valence-corrected chi connectivity index (χ4v) is 2.90. The number of hydrogen-bond acceptors (Lipinski definition) is 4. The number of amides is 2. The molecule has 8 heteroatoms. The summed E-state index contributed by atoms with van der Waals surface area (Å²) < 4.78 is 5.27. The molecule has 2 amide bonds. The van der Waals surface area contributed by atoms with Crippen LogP contribution in [0.5, 0.6) is 5.75 Å². The predicted octanol–water partition coefficient (Wildman–Crippen LogP) is 3.70. The maximum atomic E-state index is 11.7. The summed E-state index contributed by atoms with van der Waals surface area (Å²) >= 11 is 13.3. The number of rotatable bonds is 7. The topological polar surface area (TPSA) is 67.4 Å². The lowest BCUT2D eigenvalue weighted by molar-refractivity contribution is -0.129. The zero-order chi connectivity index (χ0) is 18.1. The first-order valence-electron chi connectivity index (χ1n) is 7.38. The third-order valence-corrected chi connectivity index (χ3v) is 4.53. The predicted molar refractivity (Wildman–Crippen MR) is 100 cm³/mol. The summed E-state index contributed by atoms with van der Waals surface area (Å²) in [7, 11) is 0. The van der Waals surface area contributed by atoms with E-state index in [4.69, 9.17) is 27.9 Å². The Kier molecular flexibility index (Phi) is 7.91. The van der Waals surface area contributed by atoms with E-state index in [1.54, 1.807) is 36.4 Å². The van der Waals surface area contributed by atoms with Gasteiger partial charge in [-0.1, -0.05) is 35.3 Å². The van der Waals surface area contributed by atoms with Gasteiger partial charge in [0.1, 0.15) is 5.75 Å². The molecular formula is C17H16Cl2N2O3S. The van der Waals surface area contributed by atoms with Crippen molar-refractivity contribution >= 4 is 46.8 Å². The van der Waals surface area contributed by atoms with Crippen LogP contribution < -0.4 is 15.6 Å². The van der Waals surface area contributed by atoms with Crippen molar-refractivity contribution in [2.45, 2.75) is 11.3 Å². The van der Waals surface area contributed by atoms with E-state index in [0.29, 0.717) is 21.5 Å². The van der Waals surface area contributed by atoms with Gasteiger partial charge in [0.25, 0.3) is 5.91 Å². The van der Waals surface area contributed by atoms with Gasteiger partial charge in [-0.05, 0) is 36.4 Å². The molecule has 0 heterocycles. The molecule has 0 bridgehead atoms. The lowest BCUT2D eigenvalue weighted by Gasteiger charge is -2.09. The van der Waals surface area contributed by atoms with E-state index in [1.807, 2.05) is 12.1 Å². The van der Waals surface area contributed by atoms with Gasteiger partial charge in [0.15, 0.2) is 6.61 Å². The standard InChI is InChI=1S/C17H16Cl2N2O3S/c18-12-5-7-13(8-6-12)25-10-9-16(22)20-21-17(23)11-24-15-4-2-1-3-14(15)19/h1-8H,9-11H2,(H,20,22)(H,21,23). The molecular weight excluding hydrogens is 383 g/mol. The van der Waals surface area contributed by atoms with E-state index in [1.165, 1.54) is 11.8 Å². The normalized spacial score (nSPS) is 10.2. The van der Waals surface area contributed by atoms with Crippen molar-refractivity contribution in [3.05, 3.63) is 58.6 Å². The summed E-state index contributed by atoms with van der Waals surface area (Å²) in [5, 5.41) is 1.09. The van der Waals surface area contributed by atoms with E-state index in [0.717, 1.165) is 4.90 Å². The Morgan fingerprint density at radius 2 is 1.64 bits per heavy atom. The van der Waals surface area contributed by atoms with Crippen molar-refractivity contribution in [1.29, 1.82) is 0 Å². The zero-order valence-corrected chi connectivity index (χ0v) is 15.5. The number of benzene rings is 2. The fraction of sp³-hybridized carbons (Fsp3) is 0.176. The number of nitrogens with one attached hydrogen (secondary N) is 2. The smallest absolute Gasteiger partial charge is 0.276 e. The summed E-state index contributed by atoms with van der Waals surface area (Å²) in [6, 6.07) is 14.2. The third-order valence-electron chi connectivity index (χ3n) is 2.95. The van der Waals surface area contributed by atoms with Crippen molar-refractivity contribution in [2.24, 2.45) is 0 Å². The number of halogens is 2. The molecule has 5 nitrogen and oxygen atoms in total. The highest BCUT2D eigenvalue weighted by Crippen LogP contribution is 2.23. The van der Waals surface area contributed by atoms with Crippen molar-refractivity contribution in [3.8, 4) is 5.75 Å². The van der Waals surface area contributed by atoms with Crippen molar-refractivity contribution < 1.29 is 14.3 Å². The molecule has 0 saturated carbocycles. The molecule has 0 unspecified atom stereocenters. The van der Waals surface area contributed by atoms with Crippen molar-refractivity contribution in [3.63, 3.8) is 0 Å². The van der Waals surface area contributed by atoms with Crippen LogP contribution in [0.15, 0.2) is 53.4 Å². The Morgan fingerprint density at radius 1 is 0.960 bits per heavy atom. The third kappa shape index (κ3) is 7.25. The van der Waals surface area contributed by atoms with E-state index < -0.39 is 5.91 Å². The Morgan fingerprint density at radius 3 is 2.36 bits per heavy atom. The van der Waals surface area contributed by atoms with Crippen LogP contribution in [0.1, 0.15) is 6.42 Å². The molecule has 2 aromatic rings. The molecule has 0 spiro atoms. The van der Waals surface area contributed by atoms with Gasteiger partial charge in [0, 0.05) is 22.1 Å². The van der Waals surface area contributed by atoms with Gasteiger partial charge in [-0.25, -0.2) is 0 Å². The largest absolute Gasteiger partial charge is 0.482 e. The minimum absolute atomic E-state index is 0.246. The van der Waals surface area contributed by atoms with E-state index >= 15 is 0 Å². The van der Waals surface area contributed by atoms with Crippen LogP contribution in [0.3, 0.4) is 0 Å². The van der Waals surface area contributed by atoms with Crippen LogP contribution in [-0.2, 0) is 9.59 Å². The molecule has 2 N–H and O–H groups in total. The zero-order valence-electron chi connectivity index (χ0n) is 13.1. The van der Waals surface area contributed by atoms with Crippen LogP contribution in [0.2, 0.25) is 10.0 Å². The van der Waals surface area contributed by atoms with Gasteiger partial charge in [-0.2, -0.15) is 0 Å². The van der Waals surface area contributed by atoms with E-state index in [9.17, 15) is 9.59 Å². The Bertz CT molecular complexity index is 726. The van der Waals surface area contributed by atoms with Gasteiger partial charge in [0.05, 0.1) is 5.02 Å². The lowest BCUT2D eigenvalue weighted by Crippen LogP contribution is -2.43. The maximum absolute atomic E-state index is 11.7. The minimum atomic E-state index is -0.473. The molecule has 25 heavy (non-hydrogen) atoms. The average molecular weight is 399 g/mol. The van der Waals surface area contributed by atoms with Crippen LogP contribution in [0.25, 0.3) is 0 Å². The highest BCUT2D eigenvalue weighted by atomic mass is 35.5. The van der Waals surface area contributed by atoms with Crippen LogP contribution in [0, 0.1) is 0 Å². The van der Waals surface area contributed by atoms with E-state index in [2.05, 4.69) is 10.9 Å². The summed E-state index contributed by atoms with van der Waals surface area (Å²) in [6.07, 6.45) is 0.263. The number of para-hydroxylation sites is 1. The van der Waals surface area contributed by atoms with Crippen molar-refractivity contribution in [1.82, 2.24) is 10.9 Å². The highest BCUT2D eigenvalue weighted by Gasteiger charge is 2.07. The number of carbonyl (C=O) groups is 2. The molecule has 0 aliphatic carbocycles. The number of ether oxygens (including phenoxy) is 1. The minimum Gasteiger partial charge on any atom is -0.482 e. The molecule has 0 aliphatic rings. The summed E-state index contributed by atoms with van der Waals surface area (Å²) in [6.45, 7) is -0.246. The fourth-order valence-electron chi connectivity index (χ4n) is 1.74. The van der Waals surface area contributed by atoms with Crippen LogP contribution in [0.4, 0.5) is 0 Å². The van der Waals surface area contributed by atoms with Crippen LogP contribution >= 0.6 is 35.0 Å². The maximum Gasteiger partial charge on any atom is 0.276 e. The Balaban J connectivity index is 1.61. The van der Waals surface area contributed by atoms with Crippen molar-refractivity contribution in [2.75, 3.05) is 12.4 Å². The molecule has 0 fully saturated rings. The van der Waals surface area contributed by atoms with Gasteiger partial charge >= 0.3 is 0 Å². The number of thioether (sulfide) groups is 1. The number of carbonyl (C=O) groups excluding carboxylic acids is 2. The second kappa shape index (κ2) is 10.2. The average Bonchev–Trinajstić information content (AvgIpc) is 2.61. The number of hydrazine groups is 1. The Labute approximate surface area is 160 Å². The van der Waals surface area contributed by atoms with Crippen LogP contribution in [-0.4, -0.2) is 24.2 Å². The van der Waals surface area contributed by atoms with Gasteiger partial charge in [0.2, 0.25) is 5.91 Å². The quantitative estimate of drug-likeness (QED) is 0.550. The monoisotopic (exact) mass is 398 g/mol. The molecule has 0 saturated heterocycles. The summed E-state index contributed by atoms with van der Waals surface area (Å²) in [5.74, 6) is 0.232. The molecule has 2 aromatic carbocycles. The first-order chi connectivity index (χ1) is 12.0. The first kappa shape index (κ1) is 19.4. The first-order valence-corrected chi connectivity index (χ1v) is 9.12. The van der Waals surface area contributed by atoms with E-state index in [-0.39, 0.29) is 18.9 Å². The lowest BCUT2D eigenvalue weighted by atomic mass is 10.3. The Hall–Kier alpha value is -1.89. The van der Waals surface area contributed by atoms with Gasteiger partial charge in [-0.3, -0.25) is 20.4 Å². The molecule has 0 radical (unpaired) electrons. The summed E-state index contributed by atoms with van der Waals surface area (Å²) in [5.41, 5.74) is 4.64. The van der Waals surface area contributed by atoms with Gasteiger partial charge < -0.3 is 4.74 Å². The molecule has 132 valence electrons. The molecule has 0 aliphatic heterocycles. The van der Waals surface area contributed by atoms with Gasteiger partial charge in [-0.15, -0.1) is 11.8 Å².